The summed E-state index contributed by atoms with van der Waals surface area (Å²) in [5.41, 5.74) is 2.38. The van der Waals surface area contributed by atoms with Crippen molar-refractivity contribution in [1.82, 2.24) is 9.97 Å². The third-order valence-electron chi connectivity index (χ3n) is 4.76. The topological polar surface area (TPSA) is 41.1 Å². The van der Waals surface area contributed by atoms with Crippen LogP contribution in [-0.2, 0) is 6.42 Å². The standard InChI is InChI=1S/C20H28N4/c1-3-18-11-7-8-14-24(18)20-22-16(2)15-19(23-20)21-13-12-17-9-5-4-6-10-17/h4-6,9-10,15,18H,3,7-8,11-14H2,1-2H3,(H,21,22,23). The van der Waals surface area contributed by atoms with Crippen molar-refractivity contribution in [1.29, 1.82) is 0 Å². The van der Waals surface area contributed by atoms with Gasteiger partial charge in [0.05, 0.1) is 0 Å². The molecule has 2 heterocycles. The first-order valence-electron chi connectivity index (χ1n) is 9.16. The minimum atomic E-state index is 0.581. The van der Waals surface area contributed by atoms with Gasteiger partial charge < -0.3 is 10.2 Å². The molecule has 0 radical (unpaired) electrons. The van der Waals surface area contributed by atoms with Gasteiger partial charge in [-0.05, 0) is 44.6 Å². The molecule has 4 nitrogen and oxygen atoms in total. The predicted octanol–water partition coefficient (Wildman–Crippen LogP) is 4.21. The van der Waals surface area contributed by atoms with Crippen molar-refractivity contribution in [3.8, 4) is 0 Å². The Morgan fingerprint density at radius 1 is 1.17 bits per heavy atom. The Balaban J connectivity index is 1.67. The smallest absolute Gasteiger partial charge is 0.227 e. The van der Waals surface area contributed by atoms with Gasteiger partial charge in [0.15, 0.2) is 0 Å². The molecule has 1 saturated heterocycles. The molecule has 0 saturated carbocycles. The molecule has 1 atom stereocenters. The van der Waals surface area contributed by atoms with Gasteiger partial charge in [-0.15, -0.1) is 0 Å². The normalized spacial score (nSPS) is 17.8. The number of hydrogen-bond donors (Lipinski definition) is 1. The summed E-state index contributed by atoms with van der Waals surface area (Å²) in [6.45, 7) is 6.28. The maximum atomic E-state index is 4.79. The van der Waals surface area contributed by atoms with Crippen molar-refractivity contribution in [2.75, 3.05) is 23.3 Å². The Bertz CT molecular complexity index is 641. The summed E-state index contributed by atoms with van der Waals surface area (Å²) in [5.74, 6) is 1.83. The molecule has 1 aliphatic heterocycles. The van der Waals surface area contributed by atoms with E-state index < -0.39 is 0 Å². The number of benzene rings is 1. The number of anilines is 2. The van der Waals surface area contributed by atoms with Gasteiger partial charge in [0.2, 0.25) is 5.95 Å². The Morgan fingerprint density at radius 3 is 2.79 bits per heavy atom. The van der Waals surface area contributed by atoms with Crippen LogP contribution in [0.4, 0.5) is 11.8 Å². The lowest BCUT2D eigenvalue weighted by Gasteiger charge is -2.35. The van der Waals surface area contributed by atoms with Gasteiger partial charge in [-0.3, -0.25) is 0 Å². The molecule has 1 unspecified atom stereocenters. The second kappa shape index (κ2) is 8.13. The van der Waals surface area contributed by atoms with E-state index in [-0.39, 0.29) is 0 Å². The molecule has 1 N–H and O–H groups in total. The van der Waals surface area contributed by atoms with Crippen LogP contribution in [-0.4, -0.2) is 29.1 Å². The minimum Gasteiger partial charge on any atom is -0.370 e. The quantitative estimate of drug-likeness (QED) is 0.864. The van der Waals surface area contributed by atoms with Crippen LogP contribution in [0.1, 0.15) is 43.9 Å². The van der Waals surface area contributed by atoms with Gasteiger partial charge >= 0.3 is 0 Å². The van der Waals surface area contributed by atoms with Crippen LogP contribution in [0.15, 0.2) is 36.4 Å². The lowest BCUT2D eigenvalue weighted by Crippen LogP contribution is -2.40. The van der Waals surface area contributed by atoms with Gasteiger partial charge in [-0.25, -0.2) is 4.98 Å². The summed E-state index contributed by atoms with van der Waals surface area (Å²) in [6.07, 6.45) is 5.98. The highest BCUT2D eigenvalue weighted by atomic mass is 15.3. The number of nitrogens with one attached hydrogen (secondary N) is 1. The first-order chi connectivity index (χ1) is 11.8. The maximum absolute atomic E-state index is 4.79. The number of rotatable bonds is 6. The van der Waals surface area contributed by atoms with Crippen molar-refractivity contribution >= 4 is 11.8 Å². The van der Waals surface area contributed by atoms with Crippen molar-refractivity contribution in [3.05, 3.63) is 47.7 Å². The zero-order valence-electron chi connectivity index (χ0n) is 14.8. The fraction of sp³-hybridized carbons (Fsp3) is 0.500. The van der Waals surface area contributed by atoms with Crippen LogP contribution >= 0.6 is 0 Å². The van der Waals surface area contributed by atoms with E-state index in [1.54, 1.807) is 0 Å². The molecular formula is C20H28N4. The monoisotopic (exact) mass is 324 g/mol. The van der Waals surface area contributed by atoms with Crippen molar-refractivity contribution < 1.29 is 0 Å². The van der Waals surface area contributed by atoms with Gasteiger partial charge in [-0.1, -0.05) is 37.3 Å². The minimum absolute atomic E-state index is 0.581. The molecule has 0 aliphatic carbocycles. The molecule has 1 aromatic carbocycles. The number of hydrogen-bond acceptors (Lipinski definition) is 4. The van der Waals surface area contributed by atoms with Gasteiger partial charge in [-0.2, -0.15) is 4.98 Å². The van der Waals surface area contributed by atoms with Gasteiger partial charge in [0, 0.05) is 30.9 Å². The third kappa shape index (κ3) is 4.25. The molecule has 4 heteroatoms. The summed E-state index contributed by atoms with van der Waals surface area (Å²) in [5, 5.41) is 3.47. The second-order valence-electron chi connectivity index (χ2n) is 6.61. The fourth-order valence-electron chi connectivity index (χ4n) is 3.44. The second-order valence-corrected chi connectivity index (χ2v) is 6.61. The highest BCUT2D eigenvalue weighted by Crippen LogP contribution is 2.25. The van der Waals surface area contributed by atoms with Crippen molar-refractivity contribution in [2.24, 2.45) is 0 Å². The first kappa shape index (κ1) is 16.7. The Hall–Kier alpha value is -2.10. The van der Waals surface area contributed by atoms with Crippen LogP contribution in [0.25, 0.3) is 0 Å². The summed E-state index contributed by atoms with van der Waals surface area (Å²) >= 11 is 0. The van der Waals surface area contributed by atoms with Crippen LogP contribution in [0.5, 0.6) is 0 Å². The number of piperidine rings is 1. The van der Waals surface area contributed by atoms with Crippen molar-refractivity contribution in [2.45, 2.75) is 52.0 Å². The van der Waals surface area contributed by atoms with E-state index >= 15 is 0 Å². The maximum Gasteiger partial charge on any atom is 0.227 e. The molecule has 0 bridgehead atoms. The van der Waals surface area contributed by atoms with Gasteiger partial charge in [0.25, 0.3) is 0 Å². The van der Waals surface area contributed by atoms with E-state index in [1.807, 2.05) is 6.07 Å². The van der Waals surface area contributed by atoms with Gasteiger partial charge in [0.1, 0.15) is 5.82 Å². The van der Waals surface area contributed by atoms with Crippen LogP contribution in [0.3, 0.4) is 0 Å². The van der Waals surface area contributed by atoms with E-state index in [4.69, 9.17) is 9.97 Å². The molecule has 1 aromatic heterocycles. The highest BCUT2D eigenvalue weighted by molar-refractivity contribution is 5.44. The average molecular weight is 324 g/mol. The molecule has 2 aromatic rings. The molecular weight excluding hydrogens is 296 g/mol. The zero-order chi connectivity index (χ0) is 16.8. The van der Waals surface area contributed by atoms with E-state index in [0.29, 0.717) is 6.04 Å². The summed E-state index contributed by atoms with van der Waals surface area (Å²) in [6, 6.07) is 13.2. The van der Waals surface area contributed by atoms with E-state index in [1.165, 1.54) is 24.8 Å². The highest BCUT2D eigenvalue weighted by Gasteiger charge is 2.23. The lowest BCUT2D eigenvalue weighted by molar-refractivity contribution is 0.443. The largest absolute Gasteiger partial charge is 0.370 e. The number of aryl methyl sites for hydroxylation is 1. The Labute approximate surface area is 145 Å². The molecule has 1 aliphatic rings. The van der Waals surface area contributed by atoms with E-state index in [0.717, 1.165) is 43.4 Å². The van der Waals surface area contributed by atoms with Crippen LogP contribution < -0.4 is 10.2 Å². The zero-order valence-corrected chi connectivity index (χ0v) is 14.8. The van der Waals surface area contributed by atoms with E-state index in [2.05, 4.69) is 54.4 Å². The van der Waals surface area contributed by atoms with Crippen molar-refractivity contribution in [3.63, 3.8) is 0 Å². The lowest BCUT2D eigenvalue weighted by atomic mass is 10.0. The summed E-state index contributed by atoms with van der Waals surface area (Å²) < 4.78 is 0. The molecule has 0 amide bonds. The molecule has 0 spiro atoms. The van der Waals surface area contributed by atoms with Crippen LogP contribution in [0, 0.1) is 6.92 Å². The molecule has 1 fully saturated rings. The summed E-state index contributed by atoms with van der Waals surface area (Å²) in [4.78, 5) is 11.9. The summed E-state index contributed by atoms with van der Waals surface area (Å²) in [7, 11) is 0. The molecule has 128 valence electrons. The SMILES string of the molecule is CCC1CCCCN1c1nc(C)cc(NCCc2ccccc2)n1. The number of nitrogens with zero attached hydrogens (tertiary/aromatic N) is 3. The Morgan fingerprint density at radius 2 is 2.00 bits per heavy atom. The third-order valence-corrected chi connectivity index (χ3v) is 4.76. The van der Waals surface area contributed by atoms with E-state index in [9.17, 15) is 0 Å². The average Bonchev–Trinajstić information content (AvgIpc) is 2.62. The van der Waals surface area contributed by atoms with Crippen LogP contribution in [0.2, 0.25) is 0 Å². The number of aromatic nitrogens is 2. The first-order valence-corrected chi connectivity index (χ1v) is 9.16. The molecule has 3 rings (SSSR count). The predicted molar refractivity (Wildman–Crippen MR) is 101 cm³/mol. The fourth-order valence-corrected chi connectivity index (χ4v) is 3.44. The Kier molecular flexibility index (Phi) is 5.68. The molecule has 24 heavy (non-hydrogen) atoms.